The van der Waals surface area contributed by atoms with Crippen molar-refractivity contribution in [2.45, 2.75) is 12.2 Å². The third-order valence-electron chi connectivity index (χ3n) is 2.35. The molecule has 2 rings (SSSR count). The maximum absolute atomic E-state index is 10.7. The monoisotopic (exact) mass is 221 g/mol. The Balaban J connectivity index is 2.35. The van der Waals surface area contributed by atoms with E-state index in [9.17, 15) is 15.0 Å². The summed E-state index contributed by atoms with van der Waals surface area (Å²) in [5.74, 6) is -0.973. The van der Waals surface area contributed by atoms with Crippen LogP contribution in [0.3, 0.4) is 0 Å². The molecule has 0 aliphatic heterocycles. The van der Waals surface area contributed by atoms with Crippen molar-refractivity contribution in [1.29, 1.82) is 0 Å². The number of nitrogens with one attached hydrogen (secondary N) is 1. The zero-order chi connectivity index (χ0) is 11.7. The van der Waals surface area contributed by atoms with Crippen LogP contribution in [0.5, 0.6) is 0 Å². The van der Waals surface area contributed by atoms with Crippen LogP contribution in [0.25, 0.3) is 11.0 Å². The quantitative estimate of drug-likeness (QED) is 0.556. The fourth-order valence-electron chi connectivity index (χ4n) is 1.45. The highest BCUT2D eigenvalue weighted by atomic mass is 16.3. The van der Waals surface area contributed by atoms with Crippen LogP contribution in [0.4, 0.5) is 0 Å². The number of aliphatic hydroxyl groups is 2. The summed E-state index contributed by atoms with van der Waals surface area (Å²) in [6, 6.07) is 3.38. The van der Waals surface area contributed by atoms with Gasteiger partial charge in [-0.1, -0.05) is 0 Å². The predicted octanol–water partition coefficient (Wildman–Crippen LogP) is -0.558. The van der Waals surface area contributed by atoms with Gasteiger partial charge in [0.05, 0.1) is 11.0 Å². The number of aromatic nitrogens is 2. The van der Waals surface area contributed by atoms with Crippen molar-refractivity contribution in [1.82, 2.24) is 9.97 Å². The highest BCUT2D eigenvalue weighted by Gasteiger charge is 2.23. The third kappa shape index (κ3) is 1.75. The lowest BCUT2D eigenvalue weighted by Gasteiger charge is -2.14. The summed E-state index contributed by atoms with van der Waals surface area (Å²) in [5, 5.41) is 19.0. The van der Waals surface area contributed by atoms with Gasteiger partial charge in [-0.25, -0.2) is 0 Å². The lowest BCUT2D eigenvalue weighted by atomic mass is 10.1. The van der Waals surface area contributed by atoms with Crippen molar-refractivity contribution in [3.8, 4) is 0 Å². The smallest absolute Gasteiger partial charge is 0.249 e. The van der Waals surface area contributed by atoms with E-state index in [1.54, 1.807) is 18.3 Å². The Morgan fingerprint density at radius 3 is 2.94 bits per heavy atom. The Morgan fingerprint density at radius 1 is 1.50 bits per heavy atom. The molecular formula is C10H11N3O3. The number of nitrogens with two attached hydrogens (primary N) is 1. The molecule has 6 nitrogen and oxygen atoms in total. The fraction of sp³-hybridized carbons (Fsp3) is 0.200. The molecule has 0 saturated heterocycles. The van der Waals surface area contributed by atoms with Crippen LogP contribution in [-0.4, -0.2) is 32.2 Å². The number of amides is 1. The minimum Gasteiger partial charge on any atom is -0.385 e. The topological polar surface area (TPSA) is 112 Å². The Labute approximate surface area is 90.7 Å². The number of primary amides is 1. The lowest BCUT2D eigenvalue weighted by molar-refractivity contribution is -0.131. The van der Waals surface area contributed by atoms with Crippen LogP contribution in [-0.2, 0) is 4.79 Å². The van der Waals surface area contributed by atoms with Crippen LogP contribution in [0.15, 0.2) is 24.5 Å². The number of hydrogen-bond acceptors (Lipinski definition) is 4. The molecule has 0 aliphatic rings. The van der Waals surface area contributed by atoms with Gasteiger partial charge in [-0.05, 0) is 12.1 Å². The number of fused-ring (bicyclic) bond motifs is 1. The summed E-state index contributed by atoms with van der Waals surface area (Å²) in [6.07, 6.45) is 0.109. The van der Waals surface area contributed by atoms with Gasteiger partial charge in [0, 0.05) is 18.0 Å². The van der Waals surface area contributed by atoms with Crippen molar-refractivity contribution in [2.75, 3.05) is 0 Å². The minimum atomic E-state index is -1.63. The maximum Gasteiger partial charge on any atom is 0.249 e. The molecule has 84 valence electrons. The van der Waals surface area contributed by atoms with Gasteiger partial charge < -0.3 is 20.9 Å². The van der Waals surface area contributed by atoms with Crippen LogP contribution >= 0.6 is 0 Å². The molecule has 6 heteroatoms. The number of pyridine rings is 1. The van der Waals surface area contributed by atoms with E-state index in [2.05, 4.69) is 9.97 Å². The zero-order valence-corrected chi connectivity index (χ0v) is 8.29. The highest BCUT2D eigenvalue weighted by Crippen LogP contribution is 2.19. The number of aromatic amines is 1. The van der Waals surface area contributed by atoms with Crippen molar-refractivity contribution < 1.29 is 15.0 Å². The van der Waals surface area contributed by atoms with E-state index < -0.39 is 18.1 Å². The van der Waals surface area contributed by atoms with Crippen molar-refractivity contribution in [3.63, 3.8) is 0 Å². The molecular weight excluding hydrogens is 210 g/mol. The first-order valence-corrected chi connectivity index (χ1v) is 4.68. The molecule has 2 heterocycles. The normalized spacial score (nSPS) is 14.9. The van der Waals surface area contributed by atoms with E-state index in [1.165, 1.54) is 6.20 Å². The van der Waals surface area contributed by atoms with E-state index in [0.29, 0.717) is 11.1 Å². The molecule has 0 fully saturated rings. The SMILES string of the molecule is NC(=O)C(O)C(O)c1cnc2cc[nH]c2c1. The first-order valence-electron chi connectivity index (χ1n) is 4.68. The molecule has 1 amide bonds. The van der Waals surface area contributed by atoms with Crippen molar-refractivity contribution >= 4 is 16.9 Å². The second-order valence-corrected chi connectivity index (χ2v) is 3.47. The predicted molar refractivity (Wildman–Crippen MR) is 56.3 cm³/mol. The molecule has 2 aromatic rings. The Hall–Kier alpha value is -1.92. The summed E-state index contributed by atoms with van der Waals surface area (Å²) in [6.45, 7) is 0. The van der Waals surface area contributed by atoms with Gasteiger partial charge in [-0.15, -0.1) is 0 Å². The molecule has 0 bridgehead atoms. The Kier molecular flexibility index (Phi) is 2.59. The summed E-state index contributed by atoms with van der Waals surface area (Å²) < 4.78 is 0. The number of rotatable bonds is 3. The number of nitrogens with zero attached hydrogens (tertiary/aromatic N) is 1. The van der Waals surface area contributed by atoms with Crippen LogP contribution in [0, 0.1) is 0 Å². The van der Waals surface area contributed by atoms with Crippen LogP contribution in [0.1, 0.15) is 11.7 Å². The second-order valence-electron chi connectivity index (χ2n) is 3.47. The molecule has 0 aliphatic carbocycles. The molecule has 2 atom stereocenters. The van der Waals surface area contributed by atoms with Gasteiger partial charge in [-0.2, -0.15) is 0 Å². The van der Waals surface area contributed by atoms with E-state index >= 15 is 0 Å². The molecule has 2 aromatic heterocycles. The third-order valence-corrected chi connectivity index (χ3v) is 2.35. The van der Waals surface area contributed by atoms with Gasteiger partial charge in [0.15, 0.2) is 6.10 Å². The van der Waals surface area contributed by atoms with Gasteiger partial charge in [-0.3, -0.25) is 9.78 Å². The summed E-state index contributed by atoms with van der Waals surface area (Å²) in [7, 11) is 0. The summed E-state index contributed by atoms with van der Waals surface area (Å²) >= 11 is 0. The number of H-pyrrole nitrogens is 1. The van der Waals surface area contributed by atoms with Crippen LogP contribution < -0.4 is 5.73 Å². The number of carbonyl (C=O) groups is 1. The van der Waals surface area contributed by atoms with Crippen molar-refractivity contribution in [2.24, 2.45) is 5.73 Å². The standard InChI is InChI=1S/C10H11N3O3/c11-10(16)9(15)8(14)5-3-7-6(13-4-5)1-2-12-7/h1-4,8-9,12,14-15H,(H2,11,16). The minimum absolute atomic E-state index is 0.334. The maximum atomic E-state index is 10.7. The molecule has 0 saturated carbocycles. The van der Waals surface area contributed by atoms with Gasteiger partial charge in [0.2, 0.25) is 5.91 Å². The Morgan fingerprint density at radius 2 is 2.25 bits per heavy atom. The first kappa shape index (κ1) is 10.6. The van der Waals surface area contributed by atoms with Gasteiger partial charge in [0.1, 0.15) is 6.10 Å². The zero-order valence-electron chi connectivity index (χ0n) is 8.29. The molecule has 2 unspecified atom stereocenters. The number of aliphatic hydroxyl groups excluding tert-OH is 2. The average molecular weight is 221 g/mol. The van der Waals surface area contributed by atoms with E-state index in [1.807, 2.05) is 0 Å². The van der Waals surface area contributed by atoms with E-state index in [4.69, 9.17) is 5.73 Å². The molecule has 0 aromatic carbocycles. The molecule has 5 N–H and O–H groups in total. The van der Waals surface area contributed by atoms with Gasteiger partial charge >= 0.3 is 0 Å². The second kappa shape index (κ2) is 3.92. The average Bonchev–Trinajstić information content (AvgIpc) is 2.73. The van der Waals surface area contributed by atoms with Gasteiger partial charge in [0.25, 0.3) is 0 Å². The summed E-state index contributed by atoms with van der Waals surface area (Å²) in [5.41, 5.74) is 6.68. The molecule has 0 radical (unpaired) electrons. The Bertz CT molecular complexity index is 523. The van der Waals surface area contributed by atoms with E-state index in [0.717, 1.165) is 5.52 Å². The molecule has 16 heavy (non-hydrogen) atoms. The largest absolute Gasteiger partial charge is 0.385 e. The lowest BCUT2D eigenvalue weighted by Crippen LogP contribution is -2.33. The molecule has 0 spiro atoms. The number of hydrogen-bond donors (Lipinski definition) is 4. The van der Waals surface area contributed by atoms with Crippen molar-refractivity contribution in [3.05, 3.63) is 30.1 Å². The first-order chi connectivity index (χ1) is 7.59. The fourth-order valence-corrected chi connectivity index (χ4v) is 1.45. The number of carbonyl (C=O) groups excluding carboxylic acids is 1. The summed E-state index contributed by atoms with van der Waals surface area (Å²) in [4.78, 5) is 17.7. The highest BCUT2D eigenvalue weighted by molar-refractivity contribution is 5.80. The van der Waals surface area contributed by atoms with Crippen LogP contribution in [0.2, 0.25) is 0 Å². The van der Waals surface area contributed by atoms with E-state index in [-0.39, 0.29) is 0 Å².